The van der Waals surface area contributed by atoms with Gasteiger partial charge in [0.1, 0.15) is 11.7 Å². The van der Waals surface area contributed by atoms with Crippen molar-refractivity contribution in [1.82, 2.24) is 0 Å². The second-order valence-electron chi connectivity index (χ2n) is 11.8. The smallest absolute Gasteiger partial charge is 0.309 e. The first-order valence-electron chi connectivity index (χ1n) is 12.4. The molecule has 2 bridgehead atoms. The van der Waals surface area contributed by atoms with Crippen molar-refractivity contribution in [3.05, 3.63) is 12.2 Å². The van der Waals surface area contributed by atoms with Crippen molar-refractivity contribution < 1.29 is 33.6 Å². The molecule has 7 heteroatoms. The number of fused-ring (bicyclic) bond motifs is 3. The van der Waals surface area contributed by atoms with E-state index in [1.165, 1.54) is 7.11 Å². The average Bonchev–Trinajstić information content (AvgIpc) is 3.29. The molecule has 5 rings (SSSR count). The summed E-state index contributed by atoms with van der Waals surface area (Å²) in [6, 6.07) is 0. The van der Waals surface area contributed by atoms with Gasteiger partial charge in [-0.15, -0.1) is 0 Å². The molecule has 1 spiro atoms. The largest absolute Gasteiger partial charge is 0.469 e. The number of carbonyl (C=O) groups is 2. The first kappa shape index (κ1) is 23.3. The summed E-state index contributed by atoms with van der Waals surface area (Å²) >= 11 is 0. The number of cyclic esters (lactones) is 1. The zero-order valence-corrected chi connectivity index (χ0v) is 20.3. The van der Waals surface area contributed by atoms with Crippen molar-refractivity contribution >= 4 is 11.9 Å². The van der Waals surface area contributed by atoms with Crippen molar-refractivity contribution in [2.24, 2.45) is 34.5 Å². The molecule has 184 valence electrons. The maximum Gasteiger partial charge on any atom is 0.309 e. The van der Waals surface area contributed by atoms with Crippen LogP contribution in [0.3, 0.4) is 0 Å². The summed E-state index contributed by atoms with van der Waals surface area (Å²) in [5.74, 6) is -0.334. The molecule has 5 fully saturated rings. The van der Waals surface area contributed by atoms with E-state index in [-0.39, 0.29) is 60.7 Å². The summed E-state index contributed by atoms with van der Waals surface area (Å²) < 4.78 is 23.6. The normalized spacial score (nSPS) is 48.5. The Bertz CT molecular complexity index is 846. The Morgan fingerprint density at radius 3 is 2.67 bits per heavy atom. The lowest BCUT2D eigenvalue weighted by molar-refractivity contribution is -0.294. The van der Waals surface area contributed by atoms with Crippen LogP contribution in [0.2, 0.25) is 0 Å². The fourth-order valence-electron chi connectivity index (χ4n) is 8.23. The van der Waals surface area contributed by atoms with Crippen LogP contribution < -0.4 is 0 Å². The Morgan fingerprint density at radius 2 is 2.00 bits per heavy atom. The minimum absolute atomic E-state index is 0.0429. The zero-order chi connectivity index (χ0) is 23.8. The van der Waals surface area contributed by atoms with E-state index in [9.17, 15) is 14.7 Å². The lowest BCUT2D eigenvalue weighted by atomic mass is 9.43. The molecule has 2 aliphatic carbocycles. The highest BCUT2D eigenvalue weighted by Crippen LogP contribution is 2.68. The maximum absolute atomic E-state index is 12.9. The van der Waals surface area contributed by atoms with Crippen LogP contribution in [0.1, 0.15) is 59.3 Å². The van der Waals surface area contributed by atoms with Crippen LogP contribution in [0.15, 0.2) is 12.2 Å². The predicted octanol–water partition coefficient (Wildman–Crippen LogP) is 3.03. The van der Waals surface area contributed by atoms with Gasteiger partial charge in [0, 0.05) is 36.7 Å². The highest BCUT2D eigenvalue weighted by molar-refractivity contribution is 5.74. The van der Waals surface area contributed by atoms with Crippen LogP contribution in [0.25, 0.3) is 0 Å². The third kappa shape index (κ3) is 3.18. The molecule has 3 aliphatic heterocycles. The number of aliphatic hydroxyl groups excluding tert-OH is 1. The standard InChI is InChI=1S/C26H38O7/c1-14-16-6-7-17-23(15-8-9-31-13-15)32-22(29)12-26(14,17)33-20-11-19(27)24(2,3)18(25(16,20)4)10-21(28)30-5/h15-20,23,27H,1,6-13H2,2-5H3/t15?,16?,17?,18?,19-,20+,23+,25-,26?/m1/s1. The third-order valence-electron chi connectivity index (χ3n) is 10.2. The number of hydrogen-bond acceptors (Lipinski definition) is 7. The van der Waals surface area contributed by atoms with Gasteiger partial charge in [-0.3, -0.25) is 9.59 Å². The predicted molar refractivity (Wildman–Crippen MR) is 119 cm³/mol. The summed E-state index contributed by atoms with van der Waals surface area (Å²) in [6.07, 6.45) is 2.42. The highest BCUT2D eigenvalue weighted by Gasteiger charge is 2.70. The quantitative estimate of drug-likeness (QED) is 0.509. The second-order valence-corrected chi connectivity index (χ2v) is 11.8. The van der Waals surface area contributed by atoms with Crippen LogP contribution in [0.5, 0.6) is 0 Å². The van der Waals surface area contributed by atoms with E-state index < -0.39 is 22.5 Å². The van der Waals surface area contributed by atoms with Gasteiger partial charge in [-0.1, -0.05) is 27.4 Å². The van der Waals surface area contributed by atoms with Crippen LogP contribution in [-0.2, 0) is 28.5 Å². The Balaban J connectivity index is 1.55. The Kier molecular flexibility index (Phi) is 5.50. The van der Waals surface area contributed by atoms with E-state index in [0.717, 1.165) is 24.8 Å². The summed E-state index contributed by atoms with van der Waals surface area (Å²) in [4.78, 5) is 25.4. The fraction of sp³-hybridized carbons (Fsp3) is 0.846. The number of hydrogen-bond donors (Lipinski definition) is 1. The topological polar surface area (TPSA) is 91.3 Å². The van der Waals surface area contributed by atoms with Crippen LogP contribution in [0.4, 0.5) is 0 Å². The van der Waals surface area contributed by atoms with E-state index in [1.807, 2.05) is 13.8 Å². The second kappa shape index (κ2) is 7.79. The van der Waals surface area contributed by atoms with Crippen molar-refractivity contribution in [1.29, 1.82) is 0 Å². The summed E-state index contributed by atoms with van der Waals surface area (Å²) in [6.45, 7) is 12.1. The minimum atomic E-state index is -0.771. The van der Waals surface area contributed by atoms with Gasteiger partial charge in [-0.2, -0.15) is 0 Å². The molecule has 7 nitrogen and oxygen atoms in total. The fourth-order valence-corrected chi connectivity index (χ4v) is 8.23. The summed E-state index contributed by atoms with van der Waals surface area (Å²) in [7, 11) is 1.41. The molecular weight excluding hydrogens is 424 g/mol. The molecule has 5 aliphatic rings. The molecule has 0 amide bonds. The molecular formula is C26H38O7. The van der Waals surface area contributed by atoms with Crippen LogP contribution in [0, 0.1) is 34.5 Å². The number of ether oxygens (including phenoxy) is 4. The number of carbonyl (C=O) groups excluding carboxylic acids is 2. The van der Waals surface area contributed by atoms with Gasteiger partial charge >= 0.3 is 11.9 Å². The van der Waals surface area contributed by atoms with Gasteiger partial charge in [-0.25, -0.2) is 0 Å². The average molecular weight is 463 g/mol. The Hall–Kier alpha value is -1.44. The van der Waals surface area contributed by atoms with Crippen molar-refractivity contribution in [3.63, 3.8) is 0 Å². The molecule has 5 unspecified atom stereocenters. The maximum atomic E-state index is 12.9. The highest BCUT2D eigenvalue weighted by atomic mass is 16.6. The molecule has 0 aromatic carbocycles. The van der Waals surface area contributed by atoms with E-state index in [0.29, 0.717) is 19.6 Å². The van der Waals surface area contributed by atoms with E-state index in [1.54, 1.807) is 0 Å². The van der Waals surface area contributed by atoms with Gasteiger partial charge in [-0.05, 0) is 42.1 Å². The van der Waals surface area contributed by atoms with Gasteiger partial charge in [0.25, 0.3) is 0 Å². The summed E-state index contributed by atoms with van der Waals surface area (Å²) in [5, 5.41) is 11.2. The van der Waals surface area contributed by atoms with Gasteiger partial charge < -0.3 is 24.1 Å². The van der Waals surface area contributed by atoms with Crippen molar-refractivity contribution in [2.75, 3.05) is 20.3 Å². The van der Waals surface area contributed by atoms with Gasteiger partial charge in [0.05, 0.1) is 32.3 Å². The molecule has 3 heterocycles. The van der Waals surface area contributed by atoms with Crippen molar-refractivity contribution in [2.45, 2.75) is 83.2 Å². The Morgan fingerprint density at radius 1 is 1.24 bits per heavy atom. The third-order valence-corrected chi connectivity index (χ3v) is 10.2. The molecule has 33 heavy (non-hydrogen) atoms. The minimum Gasteiger partial charge on any atom is -0.469 e. The molecule has 9 atom stereocenters. The number of esters is 2. The SMILES string of the molecule is C=C1C2CCC3[C@H](C4CCOC4)OC(=O)CC13O[C@H]1C[C@@H](O)C(C)(C)C(CC(=O)OC)[C@@]21C. The zero-order valence-electron chi connectivity index (χ0n) is 20.3. The Labute approximate surface area is 196 Å². The van der Waals surface area contributed by atoms with Gasteiger partial charge in [0.15, 0.2) is 0 Å². The number of methoxy groups -OCH3 is 1. The molecule has 0 aromatic rings. The molecule has 1 N–H and O–H groups in total. The molecule has 0 radical (unpaired) electrons. The molecule has 0 aromatic heterocycles. The summed E-state index contributed by atoms with van der Waals surface area (Å²) in [5.41, 5.74) is -0.677. The van der Waals surface area contributed by atoms with E-state index in [4.69, 9.17) is 18.9 Å². The number of rotatable bonds is 3. The van der Waals surface area contributed by atoms with Crippen LogP contribution in [-0.4, -0.2) is 61.3 Å². The monoisotopic (exact) mass is 462 g/mol. The number of aliphatic hydroxyl groups is 1. The lowest BCUT2D eigenvalue weighted by Gasteiger charge is -2.69. The molecule has 2 saturated carbocycles. The van der Waals surface area contributed by atoms with Crippen LogP contribution >= 0.6 is 0 Å². The lowest BCUT2D eigenvalue weighted by Crippen LogP contribution is -2.71. The van der Waals surface area contributed by atoms with E-state index in [2.05, 4.69) is 13.5 Å². The van der Waals surface area contributed by atoms with Crippen molar-refractivity contribution in [3.8, 4) is 0 Å². The van der Waals surface area contributed by atoms with Gasteiger partial charge in [0.2, 0.25) is 0 Å². The van der Waals surface area contributed by atoms with E-state index >= 15 is 0 Å². The first-order chi connectivity index (χ1) is 15.6. The first-order valence-corrected chi connectivity index (χ1v) is 12.4. The molecule has 3 saturated heterocycles.